The van der Waals surface area contributed by atoms with E-state index in [4.69, 9.17) is 1.37 Å². The summed E-state index contributed by atoms with van der Waals surface area (Å²) >= 11 is 0. The second-order valence-electron chi connectivity index (χ2n) is 14.5. The predicted octanol–water partition coefficient (Wildman–Crippen LogP) is 11.0. The molecule has 5 atom stereocenters. The highest BCUT2D eigenvalue weighted by Crippen LogP contribution is 2.45. The number of nitrogens with one attached hydrogen (secondary N) is 1. The minimum atomic E-state index is -0.132. The summed E-state index contributed by atoms with van der Waals surface area (Å²) in [6.07, 6.45) is 8.72. The molecular formula is C50H64N3O4P. The molecule has 0 heterocycles. The molecule has 308 valence electrons. The highest BCUT2D eigenvalue weighted by molar-refractivity contribution is 7.16. The van der Waals surface area contributed by atoms with Crippen LogP contribution < -0.4 is 5.32 Å². The minimum Gasteiger partial charge on any atom is -0.474 e. The van der Waals surface area contributed by atoms with Crippen LogP contribution >= 0.6 is 9.24 Å². The molecule has 0 radical (unpaired) electrons. The Labute approximate surface area is 351 Å². The molecule has 8 heteroatoms. The van der Waals surface area contributed by atoms with Gasteiger partial charge in [-0.05, 0) is 84.9 Å². The molecule has 1 N–H and O–H groups in total. The maximum absolute atomic E-state index is 12.5. The molecule has 5 unspecified atom stereocenters. The molecule has 4 aromatic rings. The van der Waals surface area contributed by atoms with Crippen LogP contribution in [0, 0.1) is 0 Å². The second kappa shape index (κ2) is 23.7. The minimum absolute atomic E-state index is 0.0428. The van der Waals surface area contributed by atoms with Gasteiger partial charge in [0.25, 0.3) is 0 Å². The zero-order chi connectivity index (χ0) is 42.7. The molecule has 7 nitrogen and oxygen atoms in total. The summed E-state index contributed by atoms with van der Waals surface area (Å²) in [5, 5.41) is 3.70. The van der Waals surface area contributed by atoms with Crippen LogP contribution in [0.25, 0.3) is 0 Å². The number of amides is 1. The van der Waals surface area contributed by atoms with Crippen LogP contribution in [0.1, 0.15) is 140 Å². The lowest BCUT2D eigenvalue weighted by atomic mass is 10.0. The fourth-order valence-corrected chi connectivity index (χ4v) is 8.49. The highest BCUT2D eigenvalue weighted by atomic mass is 31.0. The monoisotopic (exact) mass is 802 g/mol. The predicted molar refractivity (Wildman–Crippen MR) is 242 cm³/mol. The fourth-order valence-electron chi connectivity index (χ4n) is 8.49. The average molecular weight is 803 g/mol. The molecule has 8 rings (SSSR count). The number of rotatable bonds is 9. The largest absolute Gasteiger partial charge is 0.474 e. The Hall–Kier alpha value is -4.68. The van der Waals surface area contributed by atoms with Crippen molar-refractivity contribution in [3.05, 3.63) is 167 Å². The maximum Gasteiger partial charge on any atom is 0.220 e. The van der Waals surface area contributed by atoms with Crippen molar-refractivity contribution in [1.29, 1.82) is 0 Å². The standard InChI is InChI=1S/C20H19NO2.C18H17NO.C6H15N.C4H6O.C2H7P/c1-13(22)21(18-11-10-14-6-2-3-7-15(14)18)19-12-20(23)17-9-5-4-8-16(17)19;20-18-11-17(14-7-3-4-8-15(14)18)19-16-10-9-12-5-1-2-6-13(12)16;1-4-7(5-2)6-3;1-3-5-4-2;1-2-3/h2-9,18-19H,10-12H2,1H3;1-8,16-17,19H,9-11H2;4-6H2,1-3H3;3-4H,1-2H2;2-3H2,1H3/i;;;;1D. The van der Waals surface area contributed by atoms with E-state index in [1.807, 2.05) is 59.5 Å². The molecule has 0 fully saturated rings. The normalized spacial score (nSPS) is 19.1. The van der Waals surface area contributed by atoms with E-state index in [-0.39, 0.29) is 35.6 Å². The number of hydrogen-bond acceptors (Lipinski definition) is 6. The van der Waals surface area contributed by atoms with Gasteiger partial charge in [-0.15, -0.1) is 9.24 Å². The number of hydrogen-bond donors (Lipinski definition) is 1. The third-order valence-corrected chi connectivity index (χ3v) is 11.2. The van der Waals surface area contributed by atoms with E-state index in [1.54, 1.807) is 6.92 Å². The Kier molecular flexibility index (Phi) is 18.1. The van der Waals surface area contributed by atoms with E-state index in [0.29, 0.717) is 25.8 Å². The molecule has 0 aromatic heterocycles. The smallest absolute Gasteiger partial charge is 0.220 e. The summed E-state index contributed by atoms with van der Waals surface area (Å²) in [5.74, 6) is 0.453. The molecule has 4 aliphatic carbocycles. The van der Waals surface area contributed by atoms with Gasteiger partial charge >= 0.3 is 0 Å². The Morgan fingerprint density at radius 2 is 1.21 bits per heavy atom. The van der Waals surface area contributed by atoms with Gasteiger partial charge in [-0.2, -0.15) is 0 Å². The molecule has 0 spiro atoms. The van der Waals surface area contributed by atoms with Gasteiger partial charge in [0.05, 0.1) is 24.6 Å². The van der Waals surface area contributed by atoms with Crippen molar-refractivity contribution in [3.8, 4) is 0 Å². The molecular weight excluding hydrogens is 738 g/mol. The number of ketones is 2. The van der Waals surface area contributed by atoms with Crippen LogP contribution in [0.3, 0.4) is 0 Å². The number of nitrogens with zero attached hydrogens (tertiary/aromatic N) is 2. The van der Waals surface area contributed by atoms with E-state index >= 15 is 0 Å². The van der Waals surface area contributed by atoms with E-state index in [9.17, 15) is 14.4 Å². The number of benzene rings is 4. The Balaban J connectivity index is 0.000000193. The Bertz CT molecular complexity index is 1980. The summed E-state index contributed by atoms with van der Waals surface area (Å²) in [6.45, 7) is 18.8. The van der Waals surface area contributed by atoms with Crippen molar-refractivity contribution in [2.45, 2.75) is 97.3 Å². The van der Waals surface area contributed by atoms with E-state index in [2.05, 4.69) is 101 Å². The third-order valence-electron chi connectivity index (χ3n) is 11.2. The van der Waals surface area contributed by atoms with Crippen molar-refractivity contribution in [2.24, 2.45) is 0 Å². The lowest BCUT2D eigenvalue weighted by molar-refractivity contribution is -0.134. The number of carbonyl (C=O) groups is 3. The van der Waals surface area contributed by atoms with Gasteiger partial charge in [-0.25, -0.2) is 0 Å². The molecule has 0 aliphatic heterocycles. The summed E-state index contributed by atoms with van der Waals surface area (Å²) in [5.41, 5.74) is 9.25. The first kappa shape index (κ1) is 44.4. The summed E-state index contributed by atoms with van der Waals surface area (Å²) in [6, 6.07) is 33.2. The molecule has 0 saturated carbocycles. The first-order chi connectivity index (χ1) is 28.7. The molecule has 4 aromatic carbocycles. The third kappa shape index (κ3) is 11.7. The van der Waals surface area contributed by atoms with Gasteiger partial charge in [-0.1, -0.05) is 138 Å². The first-order valence-corrected chi connectivity index (χ1v) is 21.5. The van der Waals surface area contributed by atoms with Crippen LogP contribution in [0.4, 0.5) is 0 Å². The average Bonchev–Trinajstić information content (AvgIpc) is 4.04. The van der Waals surface area contributed by atoms with Crippen molar-refractivity contribution in [1.82, 2.24) is 15.1 Å². The van der Waals surface area contributed by atoms with E-state index in [0.717, 1.165) is 48.5 Å². The molecule has 0 bridgehead atoms. The van der Waals surface area contributed by atoms with Crippen LogP contribution in [-0.4, -0.2) is 53.1 Å². The van der Waals surface area contributed by atoms with Crippen LogP contribution in [0.15, 0.2) is 123 Å². The van der Waals surface area contributed by atoms with E-state index < -0.39 is 0 Å². The van der Waals surface area contributed by atoms with Crippen molar-refractivity contribution in [3.63, 3.8) is 0 Å². The number of ether oxygens (including phenoxy) is 1. The van der Waals surface area contributed by atoms with Gasteiger partial charge < -0.3 is 19.9 Å². The summed E-state index contributed by atoms with van der Waals surface area (Å²) < 4.78 is 10.8. The number of fused-ring (bicyclic) bond motifs is 4. The fraction of sp³-hybridized carbons (Fsp3) is 0.380. The molecule has 58 heavy (non-hydrogen) atoms. The SMILES string of the molecule is C=COC=C.CC(=O)N(C1CCc2ccccc21)C1CC(=O)c2ccccc21.CCN(CC)CC.O=C1CC(NC2CCc3ccccc32)c2ccccc21.[2H]CCP. The second-order valence-corrected chi connectivity index (χ2v) is 15.1. The number of carbonyl (C=O) groups excluding carboxylic acids is 3. The van der Waals surface area contributed by atoms with Crippen molar-refractivity contribution < 1.29 is 20.5 Å². The quantitative estimate of drug-likeness (QED) is 0.134. The zero-order valence-electron chi connectivity index (χ0n) is 36.0. The van der Waals surface area contributed by atoms with Crippen LogP contribution in [0.2, 0.25) is 0 Å². The summed E-state index contributed by atoms with van der Waals surface area (Å²) in [7, 11) is 2.47. The lowest BCUT2D eigenvalue weighted by Crippen LogP contribution is -2.35. The lowest BCUT2D eigenvalue weighted by Gasteiger charge is -2.34. The van der Waals surface area contributed by atoms with Gasteiger partial charge in [0, 0.05) is 44.3 Å². The van der Waals surface area contributed by atoms with Crippen molar-refractivity contribution in [2.75, 3.05) is 25.8 Å². The maximum atomic E-state index is 12.5. The number of Topliss-reactive ketones (excluding diaryl/α,β-unsaturated/α-hetero) is 2. The van der Waals surface area contributed by atoms with Crippen LogP contribution in [0.5, 0.6) is 0 Å². The molecule has 0 saturated heterocycles. The Morgan fingerprint density at radius 1 is 0.724 bits per heavy atom. The number of aryl methyl sites for hydroxylation is 2. The van der Waals surface area contributed by atoms with Gasteiger partial charge in [-0.3, -0.25) is 14.4 Å². The van der Waals surface area contributed by atoms with E-state index in [1.165, 1.54) is 60.0 Å². The molecule has 4 aliphatic rings. The Morgan fingerprint density at radius 3 is 1.74 bits per heavy atom. The van der Waals surface area contributed by atoms with Gasteiger partial charge in [0.1, 0.15) is 0 Å². The first-order valence-electron chi connectivity index (χ1n) is 21.4. The summed E-state index contributed by atoms with van der Waals surface area (Å²) in [4.78, 5) is 41.2. The zero-order valence-corrected chi connectivity index (χ0v) is 36.2. The van der Waals surface area contributed by atoms with Crippen LogP contribution in [-0.2, 0) is 22.4 Å². The van der Waals surface area contributed by atoms with Gasteiger partial charge in [0.15, 0.2) is 11.6 Å². The topological polar surface area (TPSA) is 79.0 Å². The molecule has 1 amide bonds. The van der Waals surface area contributed by atoms with Gasteiger partial charge in [0.2, 0.25) is 5.91 Å². The highest BCUT2D eigenvalue weighted by Gasteiger charge is 2.40. The van der Waals surface area contributed by atoms with Crippen molar-refractivity contribution >= 4 is 26.7 Å².